The number of benzene rings is 3. The van der Waals surface area contributed by atoms with Gasteiger partial charge in [0.15, 0.2) is 6.61 Å². The summed E-state index contributed by atoms with van der Waals surface area (Å²) in [6, 6.07) is 19.6. The third kappa shape index (κ3) is 4.29. The average molecular weight is 411 g/mol. The van der Waals surface area contributed by atoms with Gasteiger partial charge in [0, 0.05) is 9.86 Å². The van der Waals surface area contributed by atoms with Gasteiger partial charge >= 0.3 is 0 Å². The lowest BCUT2D eigenvalue weighted by Crippen LogP contribution is -2.25. The molecule has 3 aromatic carbocycles. The number of hydrazone groups is 1. The standard InChI is InChI=1S/C21H19BrN2O2/c1-14-7-9-16(10-8-14)15(2)23-24-21(25)13-26-20-12-11-19(22)17-5-3-4-6-18(17)20/h3-12H,13H2,1-2H3,(H,24,25)/b23-15+. The number of ether oxygens (including phenoxy) is 1. The van der Waals surface area contributed by atoms with Crippen LogP contribution in [0.4, 0.5) is 0 Å². The monoisotopic (exact) mass is 410 g/mol. The van der Waals surface area contributed by atoms with Gasteiger partial charge in [0.2, 0.25) is 0 Å². The summed E-state index contributed by atoms with van der Waals surface area (Å²) in [4.78, 5) is 12.1. The Hall–Kier alpha value is -2.66. The van der Waals surface area contributed by atoms with E-state index in [1.165, 1.54) is 5.56 Å². The number of halogens is 1. The number of aryl methyl sites for hydroxylation is 1. The first kappa shape index (κ1) is 18.1. The second kappa shape index (κ2) is 8.15. The molecule has 3 aromatic rings. The molecule has 0 saturated heterocycles. The van der Waals surface area contributed by atoms with Crippen LogP contribution >= 0.6 is 15.9 Å². The van der Waals surface area contributed by atoms with Crippen molar-refractivity contribution >= 4 is 38.3 Å². The van der Waals surface area contributed by atoms with Gasteiger partial charge in [0.05, 0.1) is 5.71 Å². The Labute approximate surface area is 161 Å². The fourth-order valence-corrected chi connectivity index (χ4v) is 3.02. The molecule has 0 bridgehead atoms. The Morgan fingerprint density at radius 3 is 2.46 bits per heavy atom. The van der Waals surface area contributed by atoms with E-state index in [2.05, 4.69) is 26.5 Å². The Morgan fingerprint density at radius 2 is 1.73 bits per heavy atom. The van der Waals surface area contributed by atoms with E-state index in [-0.39, 0.29) is 12.5 Å². The van der Waals surface area contributed by atoms with Crippen LogP contribution in [0, 0.1) is 6.92 Å². The van der Waals surface area contributed by atoms with Gasteiger partial charge in [0.1, 0.15) is 5.75 Å². The van der Waals surface area contributed by atoms with Gasteiger partial charge in [-0.2, -0.15) is 5.10 Å². The molecule has 0 aliphatic carbocycles. The highest BCUT2D eigenvalue weighted by atomic mass is 79.9. The lowest BCUT2D eigenvalue weighted by molar-refractivity contribution is -0.123. The topological polar surface area (TPSA) is 50.7 Å². The molecule has 0 saturated carbocycles. The molecule has 0 radical (unpaired) electrons. The van der Waals surface area contributed by atoms with Crippen LogP contribution in [-0.2, 0) is 4.79 Å². The molecule has 3 rings (SSSR count). The van der Waals surface area contributed by atoms with Gasteiger partial charge in [-0.05, 0) is 36.9 Å². The molecule has 0 fully saturated rings. The summed E-state index contributed by atoms with van der Waals surface area (Å²) in [5.74, 6) is 0.363. The molecule has 26 heavy (non-hydrogen) atoms. The summed E-state index contributed by atoms with van der Waals surface area (Å²) >= 11 is 3.53. The molecule has 0 unspecified atom stereocenters. The van der Waals surface area contributed by atoms with Crippen molar-refractivity contribution in [3.8, 4) is 5.75 Å². The maximum absolute atomic E-state index is 12.1. The second-order valence-corrected chi connectivity index (χ2v) is 6.83. The number of nitrogens with one attached hydrogen (secondary N) is 1. The van der Waals surface area contributed by atoms with E-state index in [9.17, 15) is 4.79 Å². The van der Waals surface area contributed by atoms with Crippen molar-refractivity contribution in [3.63, 3.8) is 0 Å². The summed E-state index contributed by atoms with van der Waals surface area (Å²) in [6.45, 7) is 3.78. The fourth-order valence-electron chi connectivity index (χ4n) is 2.54. The Morgan fingerprint density at radius 1 is 1.04 bits per heavy atom. The SMILES string of the molecule is C/C(=N\NC(=O)COc1ccc(Br)c2ccccc12)c1ccc(C)cc1. The minimum atomic E-state index is -0.302. The molecule has 1 N–H and O–H groups in total. The van der Waals surface area contributed by atoms with Crippen molar-refractivity contribution in [2.24, 2.45) is 5.10 Å². The number of rotatable bonds is 5. The quantitative estimate of drug-likeness (QED) is 0.483. The van der Waals surface area contributed by atoms with Crippen LogP contribution in [0.15, 0.2) is 70.2 Å². The molecule has 1 amide bonds. The predicted molar refractivity (Wildman–Crippen MR) is 109 cm³/mol. The number of carbonyl (C=O) groups is 1. The zero-order valence-corrected chi connectivity index (χ0v) is 16.2. The Bertz CT molecular complexity index is 965. The maximum atomic E-state index is 12.1. The molecule has 4 nitrogen and oxygen atoms in total. The van der Waals surface area contributed by atoms with Crippen LogP contribution in [0.3, 0.4) is 0 Å². The van der Waals surface area contributed by atoms with Gasteiger partial charge in [0.25, 0.3) is 5.91 Å². The van der Waals surface area contributed by atoms with Crippen LogP contribution in [0.25, 0.3) is 10.8 Å². The highest BCUT2D eigenvalue weighted by Gasteiger charge is 2.08. The highest BCUT2D eigenvalue weighted by Crippen LogP contribution is 2.31. The van der Waals surface area contributed by atoms with Crippen LogP contribution in [-0.4, -0.2) is 18.2 Å². The number of carbonyl (C=O) groups excluding carboxylic acids is 1. The molecule has 0 spiro atoms. The summed E-state index contributed by atoms with van der Waals surface area (Å²) in [7, 11) is 0. The maximum Gasteiger partial charge on any atom is 0.277 e. The largest absolute Gasteiger partial charge is 0.483 e. The van der Waals surface area contributed by atoms with Gasteiger partial charge in [-0.1, -0.05) is 70.0 Å². The zero-order chi connectivity index (χ0) is 18.5. The Kier molecular flexibility index (Phi) is 5.68. The minimum absolute atomic E-state index is 0.101. The predicted octanol–water partition coefficient (Wildman–Crippen LogP) is 4.83. The van der Waals surface area contributed by atoms with Crippen LogP contribution in [0.5, 0.6) is 5.75 Å². The minimum Gasteiger partial charge on any atom is -0.483 e. The average Bonchev–Trinajstić information content (AvgIpc) is 2.66. The number of hydrogen-bond acceptors (Lipinski definition) is 3. The fraction of sp³-hybridized carbons (Fsp3) is 0.143. The van der Waals surface area contributed by atoms with Gasteiger partial charge < -0.3 is 4.74 Å². The van der Waals surface area contributed by atoms with E-state index in [1.54, 1.807) is 0 Å². The molecule has 132 valence electrons. The molecule has 0 aromatic heterocycles. The van der Waals surface area contributed by atoms with Crippen molar-refractivity contribution in [2.75, 3.05) is 6.61 Å². The van der Waals surface area contributed by atoms with E-state index in [4.69, 9.17) is 4.74 Å². The lowest BCUT2D eigenvalue weighted by atomic mass is 10.1. The van der Waals surface area contributed by atoms with Crippen LogP contribution in [0.1, 0.15) is 18.1 Å². The normalized spacial score (nSPS) is 11.4. The van der Waals surface area contributed by atoms with E-state index in [1.807, 2.05) is 74.5 Å². The number of nitrogens with zero attached hydrogens (tertiary/aromatic N) is 1. The highest BCUT2D eigenvalue weighted by molar-refractivity contribution is 9.10. The van der Waals surface area contributed by atoms with E-state index in [0.29, 0.717) is 5.75 Å². The van der Waals surface area contributed by atoms with E-state index in [0.717, 1.165) is 26.5 Å². The summed E-state index contributed by atoms with van der Waals surface area (Å²) < 4.78 is 6.68. The number of hydrogen-bond donors (Lipinski definition) is 1. The number of fused-ring (bicyclic) bond motifs is 1. The molecular formula is C21H19BrN2O2. The molecule has 0 atom stereocenters. The lowest BCUT2D eigenvalue weighted by Gasteiger charge is -2.10. The van der Waals surface area contributed by atoms with E-state index < -0.39 is 0 Å². The zero-order valence-electron chi connectivity index (χ0n) is 14.6. The van der Waals surface area contributed by atoms with Crippen molar-refractivity contribution in [1.82, 2.24) is 5.43 Å². The third-order valence-electron chi connectivity index (χ3n) is 4.01. The molecular weight excluding hydrogens is 392 g/mol. The van der Waals surface area contributed by atoms with Crippen molar-refractivity contribution in [3.05, 3.63) is 76.3 Å². The van der Waals surface area contributed by atoms with E-state index >= 15 is 0 Å². The molecule has 5 heteroatoms. The number of amides is 1. The van der Waals surface area contributed by atoms with Crippen molar-refractivity contribution in [1.29, 1.82) is 0 Å². The van der Waals surface area contributed by atoms with Crippen LogP contribution < -0.4 is 10.2 Å². The summed E-state index contributed by atoms with van der Waals surface area (Å²) in [5.41, 5.74) is 5.43. The molecule has 0 aliphatic rings. The van der Waals surface area contributed by atoms with Gasteiger partial charge in [-0.3, -0.25) is 4.79 Å². The first-order valence-corrected chi connectivity index (χ1v) is 9.04. The van der Waals surface area contributed by atoms with Gasteiger partial charge in [-0.25, -0.2) is 5.43 Å². The molecule has 0 aliphatic heterocycles. The smallest absolute Gasteiger partial charge is 0.277 e. The first-order valence-electron chi connectivity index (χ1n) is 8.25. The first-order chi connectivity index (χ1) is 12.5. The van der Waals surface area contributed by atoms with Crippen LogP contribution in [0.2, 0.25) is 0 Å². The van der Waals surface area contributed by atoms with Gasteiger partial charge in [-0.15, -0.1) is 0 Å². The van der Waals surface area contributed by atoms with Crippen molar-refractivity contribution in [2.45, 2.75) is 13.8 Å². The summed E-state index contributed by atoms with van der Waals surface area (Å²) in [5, 5.41) is 6.14. The van der Waals surface area contributed by atoms with Crippen molar-refractivity contribution < 1.29 is 9.53 Å². The second-order valence-electron chi connectivity index (χ2n) is 5.98. The summed E-state index contributed by atoms with van der Waals surface area (Å²) in [6.07, 6.45) is 0. The molecule has 0 heterocycles. The Balaban J connectivity index is 1.64. The third-order valence-corrected chi connectivity index (χ3v) is 4.70.